The molecule has 0 aromatic heterocycles. The number of nitrogen functional groups attached to an aromatic ring is 1. The molecule has 0 heterocycles. The molecule has 0 spiro atoms. The van der Waals surface area contributed by atoms with E-state index < -0.39 is 5.82 Å². The van der Waals surface area contributed by atoms with E-state index in [2.05, 4.69) is 24.1 Å². The summed E-state index contributed by atoms with van der Waals surface area (Å²) >= 11 is 0. The summed E-state index contributed by atoms with van der Waals surface area (Å²) in [6, 6.07) is 4.28. The van der Waals surface area contributed by atoms with E-state index in [1.807, 2.05) is 7.05 Å². The second kappa shape index (κ2) is 7.09. The van der Waals surface area contributed by atoms with Gasteiger partial charge in [-0.15, -0.1) is 0 Å². The lowest BCUT2D eigenvalue weighted by molar-refractivity contribution is 0.0952. The predicted molar refractivity (Wildman–Crippen MR) is 75.5 cm³/mol. The number of amides is 1. The molecule has 19 heavy (non-hydrogen) atoms. The maximum Gasteiger partial charge on any atom is 0.253 e. The molecule has 0 aliphatic carbocycles. The average Bonchev–Trinajstić information content (AvgIpc) is 2.33. The number of nitrogens with two attached hydrogens (primary N) is 1. The van der Waals surface area contributed by atoms with Crippen LogP contribution in [0, 0.1) is 5.82 Å². The first-order valence-electron chi connectivity index (χ1n) is 6.45. The second-order valence-electron chi connectivity index (χ2n) is 4.92. The summed E-state index contributed by atoms with van der Waals surface area (Å²) in [5.41, 5.74) is 6.09. The Balaban J connectivity index is 2.39. The van der Waals surface area contributed by atoms with Gasteiger partial charge in [0.1, 0.15) is 5.82 Å². The van der Waals surface area contributed by atoms with Crippen molar-refractivity contribution in [3.8, 4) is 0 Å². The maximum atomic E-state index is 12.9. The van der Waals surface area contributed by atoms with Crippen molar-refractivity contribution in [1.29, 1.82) is 0 Å². The lowest BCUT2D eigenvalue weighted by Gasteiger charge is -2.20. The number of halogens is 1. The molecule has 1 aromatic rings. The minimum Gasteiger partial charge on any atom is -0.398 e. The number of nitrogens with zero attached hydrogens (tertiary/aromatic N) is 1. The molecule has 3 N–H and O–H groups in total. The average molecular weight is 267 g/mol. The molecular formula is C14H22FN3O. The van der Waals surface area contributed by atoms with Crippen molar-refractivity contribution in [2.24, 2.45) is 0 Å². The molecule has 0 radical (unpaired) electrons. The van der Waals surface area contributed by atoms with Gasteiger partial charge in [0.05, 0.1) is 5.56 Å². The van der Waals surface area contributed by atoms with Crippen LogP contribution >= 0.6 is 0 Å². The van der Waals surface area contributed by atoms with Crippen molar-refractivity contribution in [1.82, 2.24) is 10.2 Å². The Morgan fingerprint density at radius 2 is 2.16 bits per heavy atom. The number of hydrogen-bond donors (Lipinski definition) is 2. The summed E-state index contributed by atoms with van der Waals surface area (Å²) in [5, 5.41) is 2.79. The molecule has 1 rings (SSSR count). The Morgan fingerprint density at radius 1 is 1.47 bits per heavy atom. The first-order chi connectivity index (χ1) is 8.91. The maximum absolute atomic E-state index is 12.9. The van der Waals surface area contributed by atoms with Crippen molar-refractivity contribution in [3.05, 3.63) is 29.6 Å². The fourth-order valence-corrected chi connectivity index (χ4v) is 1.62. The highest BCUT2D eigenvalue weighted by Gasteiger charge is 2.10. The predicted octanol–water partition coefficient (Wildman–Crippen LogP) is 1.87. The van der Waals surface area contributed by atoms with Crippen LogP contribution in [0.5, 0.6) is 0 Å². The van der Waals surface area contributed by atoms with Gasteiger partial charge in [0.2, 0.25) is 0 Å². The molecule has 0 atom stereocenters. The molecule has 106 valence electrons. The summed E-state index contributed by atoms with van der Waals surface area (Å²) in [7, 11) is 2.05. The van der Waals surface area contributed by atoms with Gasteiger partial charge < -0.3 is 16.0 Å². The molecule has 0 saturated carbocycles. The number of benzene rings is 1. The lowest BCUT2D eigenvalue weighted by Crippen LogP contribution is -2.31. The molecule has 0 aliphatic rings. The van der Waals surface area contributed by atoms with Crippen LogP contribution < -0.4 is 11.1 Å². The first-order valence-corrected chi connectivity index (χ1v) is 6.45. The van der Waals surface area contributed by atoms with Crippen LogP contribution in [-0.2, 0) is 0 Å². The van der Waals surface area contributed by atoms with Crippen LogP contribution in [0.15, 0.2) is 18.2 Å². The van der Waals surface area contributed by atoms with Crippen LogP contribution in [0.2, 0.25) is 0 Å². The fourth-order valence-electron chi connectivity index (χ4n) is 1.62. The van der Waals surface area contributed by atoms with Crippen molar-refractivity contribution in [3.63, 3.8) is 0 Å². The number of rotatable bonds is 6. The van der Waals surface area contributed by atoms with Gasteiger partial charge in [-0.05, 0) is 52.1 Å². The quantitative estimate of drug-likeness (QED) is 0.611. The van der Waals surface area contributed by atoms with E-state index in [-0.39, 0.29) is 11.6 Å². The first kappa shape index (κ1) is 15.4. The SMILES string of the molecule is CC(C)N(C)CCCNC(=O)c1ccc(F)cc1N. The monoisotopic (exact) mass is 267 g/mol. The van der Waals surface area contributed by atoms with E-state index in [0.717, 1.165) is 19.0 Å². The largest absolute Gasteiger partial charge is 0.398 e. The number of carbonyl (C=O) groups is 1. The van der Waals surface area contributed by atoms with Gasteiger partial charge in [0, 0.05) is 18.3 Å². The highest BCUT2D eigenvalue weighted by molar-refractivity contribution is 5.99. The zero-order valence-corrected chi connectivity index (χ0v) is 11.7. The van der Waals surface area contributed by atoms with E-state index in [1.165, 1.54) is 12.1 Å². The van der Waals surface area contributed by atoms with Crippen molar-refractivity contribution in [2.75, 3.05) is 25.9 Å². The van der Waals surface area contributed by atoms with E-state index in [1.54, 1.807) is 0 Å². The molecule has 0 aliphatic heterocycles. The Bertz CT molecular complexity index is 435. The number of anilines is 1. The van der Waals surface area contributed by atoms with Crippen molar-refractivity contribution >= 4 is 11.6 Å². The van der Waals surface area contributed by atoms with Gasteiger partial charge in [-0.25, -0.2) is 4.39 Å². The van der Waals surface area contributed by atoms with Crippen LogP contribution in [0.3, 0.4) is 0 Å². The number of carbonyl (C=O) groups excluding carboxylic acids is 1. The van der Waals surface area contributed by atoms with Crippen LogP contribution in [0.1, 0.15) is 30.6 Å². The molecule has 0 bridgehead atoms. The van der Waals surface area contributed by atoms with Crippen molar-refractivity contribution in [2.45, 2.75) is 26.3 Å². The summed E-state index contributed by atoms with van der Waals surface area (Å²) in [5.74, 6) is -0.697. The second-order valence-corrected chi connectivity index (χ2v) is 4.92. The molecule has 1 aromatic carbocycles. The summed E-state index contributed by atoms with van der Waals surface area (Å²) in [4.78, 5) is 14.0. The number of hydrogen-bond acceptors (Lipinski definition) is 3. The van der Waals surface area contributed by atoms with Crippen LogP contribution in [0.25, 0.3) is 0 Å². The molecule has 4 nitrogen and oxygen atoms in total. The Labute approximate surface area is 113 Å². The van der Waals surface area contributed by atoms with E-state index >= 15 is 0 Å². The molecule has 0 unspecified atom stereocenters. The van der Waals surface area contributed by atoms with E-state index in [0.29, 0.717) is 18.2 Å². The minimum absolute atomic E-state index is 0.164. The van der Waals surface area contributed by atoms with E-state index in [4.69, 9.17) is 5.73 Å². The molecule has 0 saturated heterocycles. The minimum atomic E-state index is -0.437. The molecule has 1 amide bonds. The van der Waals surface area contributed by atoms with Gasteiger partial charge in [-0.3, -0.25) is 4.79 Å². The third-order valence-corrected chi connectivity index (χ3v) is 3.11. The standard InChI is InChI=1S/C14H22FN3O/c1-10(2)18(3)8-4-7-17-14(19)12-6-5-11(15)9-13(12)16/h5-6,9-10H,4,7-8,16H2,1-3H3,(H,17,19). The Morgan fingerprint density at radius 3 is 2.74 bits per heavy atom. The molecular weight excluding hydrogens is 245 g/mol. The normalized spacial score (nSPS) is 11.1. The molecule has 5 heteroatoms. The lowest BCUT2D eigenvalue weighted by atomic mass is 10.1. The van der Waals surface area contributed by atoms with Gasteiger partial charge >= 0.3 is 0 Å². The fraction of sp³-hybridized carbons (Fsp3) is 0.500. The van der Waals surface area contributed by atoms with Crippen LogP contribution in [0.4, 0.5) is 10.1 Å². The van der Waals surface area contributed by atoms with E-state index in [9.17, 15) is 9.18 Å². The Hall–Kier alpha value is -1.62. The third kappa shape index (κ3) is 4.87. The molecule has 0 fully saturated rings. The zero-order valence-electron chi connectivity index (χ0n) is 11.7. The van der Waals surface area contributed by atoms with Crippen LogP contribution in [-0.4, -0.2) is 37.0 Å². The summed E-state index contributed by atoms with van der Waals surface area (Å²) in [6.07, 6.45) is 0.863. The highest BCUT2D eigenvalue weighted by atomic mass is 19.1. The van der Waals surface area contributed by atoms with Gasteiger partial charge in [0.15, 0.2) is 0 Å². The Kier molecular flexibility index (Phi) is 5.76. The summed E-state index contributed by atoms with van der Waals surface area (Å²) in [6.45, 7) is 5.74. The zero-order chi connectivity index (χ0) is 14.4. The van der Waals surface area contributed by atoms with Gasteiger partial charge in [-0.1, -0.05) is 0 Å². The van der Waals surface area contributed by atoms with Gasteiger partial charge in [0.25, 0.3) is 5.91 Å². The number of nitrogens with one attached hydrogen (secondary N) is 1. The summed E-state index contributed by atoms with van der Waals surface area (Å²) < 4.78 is 12.9. The topological polar surface area (TPSA) is 58.4 Å². The van der Waals surface area contributed by atoms with Crippen molar-refractivity contribution < 1.29 is 9.18 Å². The smallest absolute Gasteiger partial charge is 0.253 e. The van der Waals surface area contributed by atoms with Gasteiger partial charge in [-0.2, -0.15) is 0 Å². The third-order valence-electron chi connectivity index (χ3n) is 3.11. The highest BCUT2D eigenvalue weighted by Crippen LogP contribution is 2.12.